The molecule has 2 aromatic heterocycles. The van der Waals surface area contributed by atoms with Crippen LogP contribution >= 0.6 is 11.6 Å². The average Bonchev–Trinajstić information content (AvgIpc) is 2.75. The minimum Gasteiger partial charge on any atom is -0.341 e. The standard InChI is InChI=1S/C17H23ClN4O/c1-2-4-17(23)21-8-3-7-20(9-10-21)12-15-13-22-11-14(18)5-6-16(22)19-15/h5-6,11,13H,2-4,7-10,12H2,1H3. The van der Waals surface area contributed by atoms with E-state index in [-0.39, 0.29) is 5.91 Å². The maximum absolute atomic E-state index is 12.0. The number of pyridine rings is 1. The van der Waals surface area contributed by atoms with E-state index in [4.69, 9.17) is 11.6 Å². The summed E-state index contributed by atoms with van der Waals surface area (Å²) >= 11 is 6.02. The summed E-state index contributed by atoms with van der Waals surface area (Å²) in [5.74, 6) is 0.289. The van der Waals surface area contributed by atoms with E-state index in [9.17, 15) is 4.79 Å². The van der Waals surface area contributed by atoms with Crippen LogP contribution < -0.4 is 0 Å². The molecule has 0 unspecified atom stereocenters. The Morgan fingerprint density at radius 3 is 2.91 bits per heavy atom. The fraction of sp³-hybridized carbons (Fsp3) is 0.529. The number of hydrogen-bond donors (Lipinski definition) is 0. The summed E-state index contributed by atoms with van der Waals surface area (Å²) in [4.78, 5) is 21.1. The van der Waals surface area contributed by atoms with Crippen LogP contribution in [0.1, 0.15) is 31.9 Å². The van der Waals surface area contributed by atoms with Crippen molar-refractivity contribution >= 4 is 23.2 Å². The van der Waals surface area contributed by atoms with Crippen LogP contribution in [0.3, 0.4) is 0 Å². The second-order valence-corrected chi connectivity index (χ2v) is 6.54. The number of halogens is 1. The number of imidazole rings is 1. The van der Waals surface area contributed by atoms with Gasteiger partial charge < -0.3 is 9.30 Å². The molecule has 0 aliphatic carbocycles. The number of nitrogens with zero attached hydrogens (tertiary/aromatic N) is 4. The van der Waals surface area contributed by atoms with E-state index in [1.807, 2.05) is 33.8 Å². The molecule has 124 valence electrons. The molecule has 0 aromatic carbocycles. The molecule has 0 spiro atoms. The molecule has 2 aromatic rings. The normalized spacial score (nSPS) is 16.7. The Hall–Kier alpha value is -1.59. The summed E-state index contributed by atoms with van der Waals surface area (Å²) in [7, 11) is 0. The molecule has 5 nitrogen and oxygen atoms in total. The minimum atomic E-state index is 0.289. The van der Waals surface area contributed by atoms with E-state index < -0.39 is 0 Å². The van der Waals surface area contributed by atoms with E-state index >= 15 is 0 Å². The largest absolute Gasteiger partial charge is 0.341 e. The van der Waals surface area contributed by atoms with Gasteiger partial charge in [-0.1, -0.05) is 18.5 Å². The molecular weight excluding hydrogens is 312 g/mol. The van der Waals surface area contributed by atoms with Crippen molar-refractivity contribution in [2.75, 3.05) is 26.2 Å². The molecule has 3 heterocycles. The van der Waals surface area contributed by atoms with Gasteiger partial charge in [0.25, 0.3) is 0 Å². The van der Waals surface area contributed by atoms with E-state index in [0.717, 1.165) is 56.9 Å². The zero-order valence-corrected chi connectivity index (χ0v) is 14.3. The van der Waals surface area contributed by atoms with Crippen LogP contribution in [-0.4, -0.2) is 51.3 Å². The number of rotatable bonds is 4. The van der Waals surface area contributed by atoms with Crippen LogP contribution in [0.4, 0.5) is 0 Å². The highest BCUT2D eigenvalue weighted by Crippen LogP contribution is 2.14. The Balaban J connectivity index is 1.62. The summed E-state index contributed by atoms with van der Waals surface area (Å²) in [6, 6.07) is 3.79. The molecule has 1 amide bonds. The van der Waals surface area contributed by atoms with Crippen molar-refractivity contribution in [1.82, 2.24) is 19.2 Å². The van der Waals surface area contributed by atoms with Gasteiger partial charge in [0.15, 0.2) is 0 Å². The van der Waals surface area contributed by atoms with Crippen molar-refractivity contribution in [3.8, 4) is 0 Å². The highest BCUT2D eigenvalue weighted by molar-refractivity contribution is 6.30. The van der Waals surface area contributed by atoms with E-state index in [1.54, 1.807) is 0 Å². The molecular formula is C17H23ClN4O. The van der Waals surface area contributed by atoms with Gasteiger partial charge >= 0.3 is 0 Å². The molecule has 0 atom stereocenters. The van der Waals surface area contributed by atoms with Gasteiger partial charge in [0.2, 0.25) is 5.91 Å². The summed E-state index contributed by atoms with van der Waals surface area (Å²) in [5, 5.41) is 0.710. The molecule has 3 rings (SSSR count). The predicted molar refractivity (Wildman–Crippen MR) is 91.6 cm³/mol. The Labute approximate surface area is 141 Å². The second-order valence-electron chi connectivity index (χ2n) is 6.11. The van der Waals surface area contributed by atoms with E-state index in [2.05, 4.69) is 16.8 Å². The zero-order valence-electron chi connectivity index (χ0n) is 13.5. The number of fused-ring (bicyclic) bond motifs is 1. The Morgan fingerprint density at radius 1 is 1.22 bits per heavy atom. The fourth-order valence-corrected chi connectivity index (χ4v) is 3.24. The number of amides is 1. The van der Waals surface area contributed by atoms with Gasteiger partial charge in [0, 0.05) is 51.5 Å². The first kappa shape index (κ1) is 16.3. The molecule has 1 aliphatic heterocycles. The smallest absolute Gasteiger partial charge is 0.222 e. The van der Waals surface area contributed by atoms with Gasteiger partial charge in [-0.05, 0) is 25.0 Å². The van der Waals surface area contributed by atoms with Crippen molar-refractivity contribution in [3.63, 3.8) is 0 Å². The van der Waals surface area contributed by atoms with Crippen LogP contribution in [0.15, 0.2) is 24.5 Å². The van der Waals surface area contributed by atoms with Crippen LogP contribution in [0.25, 0.3) is 5.65 Å². The molecule has 0 N–H and O–H groups in total. The van der Waals surface area contributed by atoms with Gasteiger partial charge in [-0.25, -0.2) is 4.98 Å². The third-order valence-electron chi connectivity index (χ3n) is 4.26. The van der Waals surface area contributed by atoms with Crippen molar-refractivity contribution < 1.29 is 4.79 Å². The summed E-state index contributed by atoms with van der Waals surface area (Å²) in [6.45, 7) is 6.47. The molecule has 1 saturated heterocycles. The number of hydrogen-bond acceptors (Lipinski definition) is 3. The SMILES string of the molecule is CCCC(=O)N1CCCN(Cc2cn3cc(Cl)ccc3n2)CC1. The Bertz CT molecular complexity index is 684. The quantitative estimate of drug-likeness (QED) is 0.863. The van der Waals surface area contributed by atoms with Crippen molar-refractivity contribution in [2.45, 2.75) is 32.7 Å². The molecule has 6 heteroatoms. The molecule has 1 aliphatic rings. The summed E-state index contributed by atoms with van der Waals surface area (Å²) < 4.78 is 1.96. The average molecular weight is 335 g/mol. The van der Waals surface area contributed by atoms with Gasteiger partial charge in [0.05, 0.1) is 10.7 Å². The van der Waals surface area contributed by atoms with Gasteiger partial charge in [-0.15, -0.1) is 0 Å². The van der Waals surface area contributed by atoms with Crippen LogP contribution in [0.2, 0.25) is 5.02 Å². The van der Waals surface area contributed by atoms with Crippen LogP contribution in [0.5, 0.6) is 0 Å². The summed E-state index contributed by atoms with van der Waals surface area (Å²) in [5.41, 5.74) is 1.96. The molecule has 0 bridgehead atoms. The summed E-state index contributed by atoms with van der Waals surface area (Å²) in [6.07, 6.45) is 6.51. The lowest BCUT2D eigenvalue weighted by atomic mass is 10.3. The van der Waals surface area contributed by atoms with Crippen LogP contribution in [-0.2, 0) is 11.3 Å². The maximum Gasteiger partial charge on any atom is 0.222 e. The topological polar surface area (TPSA) is 40.9 Å². The van der Waals surface area contributed by atoms with Gasteiger partial charge in [-0.3, -0.25) is 9.69 Å². The second kappa shape index (κ2) is 7.32. The number of aromatic nitrogens is 2. The maximum atomic E-state index is 12.0. The highest BCUT2D eigenvalue weighted by Gasteiger charge is 2.19. The predicted octanol–water partition coefficient (Wildman–Crippen LogP) is 2.82. The lowest BCUT2D eigenvalue weighted by molar-refractivity contribution is -0.131. The van der Waals surface area contributed by atoms with Crippen molar-refractivity contribution in [2.24, 2.45) is 0 Å². The highest BCUT2D eigenvalue weighted by atomic mass is 35.5. The first-order chi connectivity index (χ1) is 11.2. The van der Waals surface area contributed by atoms with Crippen molar-refractivity contribution in [1.29, 1.82) is 0 Å². The molecule has 0 saturated carbocycles. The number of carbonyl (C=O) groups excluding carboxylic acids is 1. The molecule has 1 fully saturated rings. The zero-order chi connectivity index (χ0) is 16.2. The number of carbonyl (C=O) groups is 1. The van der Waals surface area contributed by atoms with Gasteiger partial charge in [0.1, 0.15) is 5.65 Å². The van der Waals surface area contributed by atoms with Crippen LogP contribution in [0, 0.1) is 0 Å². The van der Waals surface area contributed by atoms with E-state index in [0.29, 0.717) is 11.4 Å². The third-order valence-corrected chi connectivity index (χ3v) is 4.48. The third kappa shape index (κ3) is 4.03. The lowest BCUT2D eigenvalue weighted by Crippen LogP contribution is -2.34. The van der Waals surface area contributed by atoms with E-state index in [1.165, 1.54) is 0 Å². The Kier molecular flexibility index (Phi) is 5.18. The fourth-order valence-electron chi connectivity index (χ4n) is 3.07. The Morgan fingerprint density at radius 2 is 2.09 bits per heavy atom. The van der Waals surface area contributed by atoms with Crippen molar-refractivity contribution in [3.05, 3.63) is 35.2 Å². The van der Waals surface area contributed by atoms with Gasteiger partial charge in [-0.2, -0.15) is 0 Å². The molecule has 0 radical (unpaired) electrons. The first-order valence-electron chi connectivity index (χ1n) is 8.29. The lowest BCUT2D eigenvalue weighted by Gasteiger charge is -2.21. The minimum absolute atomic E-state index is 0.289. The monoisotopic (exact) mass is 334 g/mol. The first-order valence-corrected chi connectivity index (χ1v) is 8.67. The molecule has 23 heavy (non-hydrogen) atoms.